The van der Waals surface area contributed by atoms with Crippen molar-refractivity contribution < 1.29 is 42.9 Å². The highest BCUT2D eigenvalue weighted by Crippen LogP contribution is 2.18. The van der Waals surface area contributed by atoms with Crippen LogP contribution in [0.2, 0.25) is 0 Å². The van der Waals surface area contributed by atoms with E-state index < -0.39 is 24.3 Å². The van der Waals surface area contributed by atoms with Gasteiger partial charge in [0.1, 0.15) is 13.2 Å². The van der Waals surface area contributed by atoms with E-state index in [2.05, 4.69) is 123 Å². The van der Waals surface area contributed by atoms with Gasteiger partial charge in [0, 0.05) is 12.8 Å². The van der Waals surface area contributed by atoms with Crippen LogP contribution in [0, 0.1) is 0 Å². The van der Waals surface area contributed by atoms with Gasteiger partial charge in [-0.05, 0) is 83.5 Å². The van der Waals surface area contributed by atoms with Crippen LogP contribution in [0.5, 0.6) is 0 Å². The predicted octanol–water partition coefficient (Wildman–Crippen LogP) is 22.6. The lowest BCUT2D eigenvalue weighted by Gasteiger charge is -2.25. The molecular weight excluding hydrogens is 1080 g/mol. The molecule has 87 heavy (non-hydrogen) atoms. The molecule has 0 spiro atoms. The van der Waals surface area contributed by atoms with E-state index in [0.29, 0.717) is 23.9 Å². The minimum absolute atomic E-state index is 0.184. The van der Waals surface area contributed by atoms with Crippen molar-refractivity contribution in [3.8, 4) is 0 Å². The maximum Gasteiger partial charge on any atom is 0.361 e. The van der Waals surface area contributed by atoms with E-state index in [4.69, 9.17) is 18.9 Å². The van der Waals surface area contributed by atoms with Crippen LogP contribution in [0.15, 0.2) is 109 Å². The Morgan fingerprint density at radius 3 is 0.977 bits per heavy atom. The molecule has 0 fully saturated rings. The monoisotopic (exact) mass is 1220 g/mol. The van der Waals surface area contributed by atoms with E-state index in [0.717, 1.165) is 103 Å². The van der Waals surface area contributed by atoms with Crippen molar-refractivity contribution in [3.63, 3.8) is 0 Å². The normalized spacial score (nSPS) is 13.3. The molecule has 500 valence electrons. The Bertz CT molecular complexity index is 1800. The molecule has 0 amide bonds. The highest BCUT2D eigenvalue weighted by molar-refractivity contribution is 5.71. The van der Waals surface area contributed by atoms with Crippen molar-refractivity contribution in [1.29, 1.82) is 0 Å². The van der Waals surface area contributed by atoms with Crippen LogP contribution in [-0.2, 0) is 33.3 Å². The van der Waals surface area contributed by atoms with E-state index in [-0.39, 0.29) is 32.2 Å². The number of hydrogen-bond acceptors (Lipinski definition) is 7. The van der Waals surface area contributed by atoms with E-state index in [1.807, 2.05) is 21.1 Å². The van der Waals surface area contributed by atoms with Gasteiger partial charge in [-0.1, -0.05) is 322 Å². The number of ether oxygens (including phenoxy) is 4. The molecule has 0 saturated heterocycles. The number of carboxylic acids is 1. The van der Waals surface area contributed by atoms with Crippen molar-refractivity contribution in [2.24, 2.45) is 0 Å². The fourth-order valence-electron chi connectivity index (χ4n) is 10.1. The number of carbonyl (C=O) groups is 3. The molecule has 0 aliphatic rings. The van der Waals surface area contributed by atoms with E-state index in [1.165, 1.54) is 173 Å². The van der Waals surface area contributed by atoms with Gasteiger partial charge < -0.3 is 28.5 Å². The number of unbranched alkanes of at least 4 members (excludes halogenated alkanes) is 33. The van der Waals surface area contributed by atoms with Gasteiger partial charge in [-0.2, -0.15) is 0 Å². The first-order chi connectivity index (χ1) is 42.6. The molecule has 0 aliphatic heterocycles. The SMILES string of the molecule is CC/C=C\C/C=C\C/C=C\C/C=C\C/C=C\C/C=C\C/C=C\C/C=C\C/C=C\CCCCCCCCCCCCCC(=O)OC(COC(=O)CCCCCCCCCCCCCCCCCCCCCCCCC)COC(OCC[N+](C)(C)C)C(=O)O. The molecule has 0 bridgehead atoms. The molecule has 0 aromatic rings. The maximum absolute atomic E-state index is 13.0. The minimum atomic E-state index is -1.52. The molecule has 1 N–H and O–H groups in total. The first kappa shape index (κ1) is 83.0. The van der Waals surface area contributed by atoms with E-state index in [9.17, 15) is 19.5 Å². The number of rotatable bonds is 66. The summed E-state index contributed by atoms with van der Waals surface area (Å²) in [5.41, 5.74) is 0. The number of nitrogens with zero attached hydrogens (tertiary/aromatic N) is 1. The molecule has 0 rings (SSSR count). The Kier molecular flexibility index (Phi) is 64.7. The van der Waals surface area contributed by atoms with Gasteiger partial charge in [-0.3, -0.25) is 9.59 Å². The van der Waals surface area contributed by atoms with Gasteiger partial charge in [0.25, 0.3) is 6.29 Å². The van der Waals surface area contributed by atoms with Crippen molar-refractivity contribution in [2.45, 2.75) is 322 Å². The molecule has 9 heteroatoms. The summed E-state index contributed by atoms with van der Waals surface area (Å²) in [4.78, 5) is 37.6. The second-order valence-corrected chi connectivity index (χ2v) is 25.2. The van der Waals surface area contributed by atoms with Crippen molar-refractivity contribution in [3.05, 3.63) is 109 Å². The third kappa shape index (κ3) is 69.3. The molecule has 0 heterocycles. The Morgan fingerprint density at radius 2 is 0.655 bits per heavy atom. The molecular formula is C78H136NO8+. The quantitative estimate of drug-likeness (QED) is 0.0211. The van der Waals surface area contributed by atoms with Gasteiger partial charge in [-0.25, -0.2) is 4.79 Å². The number of hydrogen-bond donors (Lipinski definition) is 1. The van der Waals surface area contributed by atoms with Crippen molar-refractivity contribution in [2.75, 3.05) is 47.5 Å². The molecule has 0 aromatic heterocycles. The first-order valence-electron chi connectivity index (χ1n) is 36.1. The Labute approximate surface area is 536 Å². The lowest BCUT2D eigenvalue weighted by atomic mass is 10.0. The summed E-state index contributed by atoms with van der Waals surface area (Å²) >= 11 is 0. The fourth-order valence-corrected chi connectivity index (χ4v) is 10.1. The Hall–Kier alpha value is -4.05. The number of aliphatic carboxylic acids is 1. The van der Waals surface area contributed by atoms with Gasteiger partial charge >= 0.3 is 17.9 Å². The Balaban J connectivity index is 4.11. The zero-order valence-electron chi connectivity index (χ0n) is 57.2. The highest BCUT2D eigenvalue weighted by Gasteiger charge is 2.25. The molecule has 2 unspecified atom stereocenters. The largest absolute Gasteiger partial charge is 0.477 e. The van der Waals surface area contributed by atoms with Crippen LogP contribution >= 0.6 is 0 Å². The standard InChI is InChI=1S/C78H135NO8/c1-6-8-10-12-14-16-18-20-22-24-26-28-30-31-32-33-34-35-36-37-38-39-40-41-42-43-44-45-47-49-51-53-55-57-59-61-63-65-67-69-76(81)87-74(73-86-78(77(82)83)84-71-70-79(3,4)5)72-85-75(80)68-66-64-62-60-58-56-54-52-50-48-46-29-27-25-23-21-19-17-15-13-11-9-7-2/h8,10,14,16,20,22,26,28,31-32,34-35,37-38,40-41,43-44,74,78H,6-7,9,11-13,15,17-19,21,23-25,27,29-30,33,36,39,42,45-73H2,1-5H3/p+1/b10-8-,16-14-,22-20-,28-26-,32-31-,35-34-,38-37-,41-40-,44-43-. The second-order valence-electron chi connectivity index (χ2n) is 25.2. The molecule has 0 aliphatic carbocycles. The summed E-state index contributed by atoms with van der Waals surface area (Å²) in [7, 11) is 5.98. The van der Waals surface area contributed by atoms with Crippen LogP contribution in [0.25, 0.3) is 0 Å². The summed E-state index contributed by atoms with van der Waals surface area (Å²) in [6, 6.07) is 0. The molecule has 2 atom stereocenters. The average molecular weight is 1220 g/mol. The van der Waals surface area contributed by atoms with Crippen LogP contribution in [0.4, 0.5) is 0 Å². The summed E-state index contributed by atoms with van der Waals surface area (Å²) in [6.07, 6.45) is 92.0. The lowest BCUT2D eigenvalue weighted by Crippen LogP contribution is -2.40. The third-order valence-electron chi connectivity index (χ3n) is 15.5. The number of carboxylic acid groups (broad SMARTS) is 1. The van der Waals surface area contributed by atoms with Crippen LogP contribution in [0.3, 0.4) is 0 Å². The number of esters is 2. The topological polar surface area (TPSA) is 108 Å². The number of carbonyl (C=O) groups excluding carboxylic acids is 2. The molecule has 0 saturated carbocycles. The van der Waals surface area contributed by atoms with Gasteiger partial charge in [0.15, 0.2) is 6.10 Å². The lowest BCUT2D eigenvalue weighted by molar-refractivity contribution is -0.870. The van der Waals surface area contributed by atoms with Crippen molar-refractivity contribution in [1.82, 2.24) is 0 Å². The first-order valence-corrected chi connectivity index (χ1v) is 36.1. The Morgan fingerprint density at radius 1 is 0.356 bits per heavy atom. The number of likely N-dealkylation sites (N-methyl/N-ethyl adjacent to an activating group) is 1. The highest BCUT2D eigenvalue weighted by atomic mass is 16.7. The molecule has 9 nitrogen and oxygen atoms in total. The second kappa shape index (κ2) is 67.9. The third-order valence-corrected chi connectivity index (χ3v) is 15.5. The number of allylic oxidation sites excluding steroid dienone is 18. The predicted molar refractivity (Wildman–Crippen MR) is 373 cm³/mol. The fraction of sp³-hybridized carbons (Fsp3) is 0.731. The summed E-state index contributed by atoms with van der Waals surface area (Å²) in [5.74, 6) is -2.00. The zero-order chi connectivity index (χ0) is 63.3. The van der Waals surface area contributed by atoms with Gasteiger partial charge in [0.2, 0.25) is 0 Å². The minimum Gasteiger partial charge on any atom is -0.477 e. The average Bonchev–Trinajstić information content (AvgIpc) is 3.55. The molecule has 0 radical (unpaired) electrons. The van der Waals surface area contributed by atoms with Gasteiger partial charge in [-0.15, -0.1) is 0 Å². The summed E-state index contributed by atoms with van der Waals surface area (Å²) < 4.78 is 23.0. The van der Waals surface area contributed by atoms with Gasteiger partial charge in [0.05, 0.1) is 34.4 Å². The summed E-state index contributed by atoms with van der Waals surface area (Å²) in [5, 5.41) is 9.75. The van der Waals surface area contributed by atoms with E-state index >= 15 is 0 Å². The molecule has 0 aromatic carbocycles. The maximum atomic E-state index is 13.0. The number of quaternary nitrogens is 1. The van der Waals surface area contributed by atoms with Crippen molar-refractivity contribution >= 4 is 17.9 Å². The van der Waals surface area contributed by atoms with E-state index in [1.54, 1.807) is 0 Å². The summed E-state index contributed by atoms with van der Waals surface area (Å²) in [6.45, 7) is 4.80. The van der Waals surface area contributed by atoms with Crippen LogP contribution in [0.1, 0.15) is 309 Å². The van der Waals surface area contributed by atoms with Crippen LogP contribution < -0.4 is 0 Å². The van der Waals surface area contributed by atoms with Crippen LogP contribution in [-0.4, -0.2) is 87.4 Å². The smallest absolute Gasteiger partial charge is 0.361 e. The zero-order valence-corrected chi connectivity index (χ0v) is 57.2.